The van der Waals surface area contributed by atoms with Crippen LogP contribution in [0.4, 0.5) is 18.2 Å². The number of nitrogens with zero attached hydrogens (tertiary/aromatic N) is 1. The number of halogens is 3. The second kappa shape index (κ2) is 7.86. The monoisotopic (exact) mass is 426 g/mol. The molecule has 0 atom stereocenters. The molecule has 1 N–H and O–H groups in total. The summed E-state index contributed by atoms with van der Waals surface area (Å²) in [4.78, 5) is 38.8. The van der Waals surface area contributed by atoms with Crippen molar-refractivity contribution in [1.82, 2.24) is 4.90 Å². The minimum Gasteiger partial charge on any atom is -0.465 e. The number of carbonyl (C=O) groups is 3. The highest BCUT2D eigenvalue weighted by Gasteiger charge is 2.31. The van der Waals surface area contributed by atoms with E-state index in [9.17, 15) is 27.6 Å². The fourth-order valence-corrected chi connectivity index (χ4v) is 4.31. The first-order valence-corrected chi connectivity index (χ1v) is 9.40. The normalized spacial score (nSPS) is 13.6. The molecule has 0 bridgehead atoms. The first kappa shape index (κ1) is 20.8. The molecule has 154 valence electrons. The Balaban J connectivity index is 1.89. The summed E-state index contributed by atoms with van der Waals surface area (Å²) in [6.07, 6.45) is -4.06. The summed E-state index contributed by atoms with van der Waals surface area (Å²) in [6.45, 7) is 2.21. The third-order valence-electron chi connectivity index (χ3n) is 4.59. The van der Waals surface area contributed by atoms with Crippen molar-refractivity contribution >= 4 is 34.1 Å². The van der Waals surface area contributed by atoms with Crippen molar-refractivity contribution in [2.75, 3.05) is 19.0 Å². The van der Waals surface area contributed by atoms with Gasteiger partial charge in [0.2, 0.25) is 5.91 Å². The lowest BCUT2D eigenvalue weighted by Crippen LogP contribution is -2.33. The Morgan fingerprint density at radius 2 is 1.83 bits per heavy atom. The number of nitrogens with one attached hydrogen (secondary N) is 1. The maximum atomic E-state index is 12.7. The number of ether oxygens (including phenoxy) is 1. The molecule has 2 aromatic rings. The predicted molar refractivity (Wildman–Crippen MR) is 99.9 cm³/mol. The Hall–Kier alpha value is -2.88. The van der Waals surface area contributed by atoms with E-state index in [1.165, 1.54) is 14.0 Å². The van der Waals surface area contributed by atoms with Gasteiger partial charge in [-0.1, -0.05) is 0 Å². The molecule has 2 heterocycles. The third-order valence-corrected chi connectivity index (χ3v) is 5.73. The minimum atomic E-state index is -4.50. The van der Waals surface area contributed by atoms with E-state index in [1.807, 2.05) is 0 Å². The van der Waals surface area contributed by atoms with E-state index >= 15 is 0 Å². The number of anilines is 1. The zero-order chi connectivity index (χ0) is 21.3. The van der Waals surface area contributed by atoms with Gasteiger partial charge in [-0.3, -0.25) is 9.59 Å². The van der Waals surface area contributed by atoms with Crippen LogP contribution in [0.5, 0.6) is 0 Å². The van der Waals surface area contributed by atoms with Crippen LogP contribution in [0.15, 0.2) is 24.3 Å². The molecular formula is C19H17F3N2O4S. The average molecular weight is 426 g/mol. The molecule has 0 fully saturated rings. The van der Waals surface area contributed by atoms with Gasteiger partial charge < -0.3 is 15.0 Å². The average Bonchev–Trinajstić information content (AvgIpc) is 3.03. The summed E-state index contributed by atoms with van der Waals surface area (Å²) in [5.74, 6) is -1.37. The highest BCUT2D eigenvalue weighted by Crippen LogP contribution is 2.38. The van der Waals surface area contributed by atoms with E-state index < -0.39 is 23.6 Å². The van der Waals surface area contributed by atoms with Crippen LogP contribution < -0.4 is 5.32 Å². The Labute approximate surface area is 168 Å². The standard InChI is InChI=1S/C19H17F3N2O4S/c1-10(25)24-8-7-13-14(9-24)29-17(15(13)18(27)28-2)23-16(26)11-3-5-12(6-4-11)19(20,21)22/h3-6H,7-9H2,1-2H3,(H,23,26). The lowest BCUT2D eigenvalue weighted by Gasteiger charge is -2.25. The van der Waals surface area contributed by atoms with Crippen molar-refractivity contribution in [3.8, 4) is 0 Å². The van der Waals surface area contributed by atoms with Gasteiger partial charge >= 0.3 is 12.1 Å². The van der Waals surface area contributed by atoms with Crippen LogP contribution in [-0.2, 0) is 28.7 Å². The SMILES string of the molecule is COC(=O)c1c(NC(=O)c2ccc(C(F)(F)F)cc2)sc2c1CCN(C(C)=O)C2. The summed E-state index contributed by atoms with van der Waals surface area (Å²) in [7, 11) is 1.22. The fourth-order valence-electron chi connectivity index (χ4n) is 3.06. The van der Waals surface area contributed by atoms with E-state index in [1.54, 1.807) is 4.90 Å². The van der Waals surface area contributed by atoms with E-state index in [4.69, 9.17) is 4.74 Å². The maximum absolute atomic E-state index is 12.7. The van der Waals surface area contributed by atoms with E-state index in [-0.39, 0.29) is 22.0 Å². The molecule has 3 rings (SSSR count). The van der Waals surface area contributed by atoms with Gasteiger partial charge in [-0.15, -0.1) is 11.3 Å². The molecule has 0 aliphatic carbocycles. The van der Waals surface area contributed by atoms with Crippen LogP contribution in [-0.4, -0.2) is 36.3 Å². The smallest absolute Gasteiger partial charge is 0.416 e. The number of amides is 2. The van der Waals surface area contributed by atoms with Crippen molar-refractivity contribution < 1.29 is 32.3 Å². The van der Waals surface area contributed by atoms with Gasteiger partial charge in [0.25, 0.3) is 5.91 Å². The summed E-state index contributed by atoms with van der Waals surface area (Å²) in [6, 6.07) is 3.78. The minimum absolute atomic E-state index is 0.0190. The van der Waals surface area contributed by atoms with Gasteiger partial charge in [-0.05, 0) is 36.2 Å². The van der Waals surface area contributed by atoms with Gasteiger partial charge in [0.1, 0.15) is 5.00 Å². The summed E-state index contributed by atoms with van der Waals surface area (Å²) in [5, 5.41) is 2.84. The molecule has 1 aliphatic heterocycles. The number of alkyl halides is 3. The largest absolute Gasteiger partial charge is 0.465 e. The lowest BCUT2D eigenvalue weighted by atomic mass is 10.0. The molecule has 0 spiro atoms. The Morgan fingerprint density at radius 3 is 2.38 bits per heavy atom. The van der Waals surface area contributed by atoms with E-state index in [2.05, 4.69) is 5.32 Å². The molecule has 2 amide bonds. The topological polar surface area (TPSA) is 75.7 Å². The van der Waals surface area contributed by atoms with Gasteiger partial charge in [-0.25, -0.2) is 4.79 Å². The van der Waals surface area contributed by atoms with Gasteiger partial charge in [0.15, 0.2) is 0 Å². The number of benzene rings is 1. The zero-order valence-electron chi connectivity index (χ0n) is 15.6. The first-order valence-electron chi connectivity index (χ1n) is 8.58. The molecule has 1 aromatic heterocycles. The molecule has 6 nitrogen and oxygen atoms in total. The number of fused-ring (bicyclic) bond motifs is 1. The fraction of sp³-hybridized carbons (Fsp3) is 0.316. The number of esters is 1. The van der Waals surface area contributed by atoms with E-state index in [0.29, 0.717) is 25.1 Å². The molecule has 0 saturated heterocycles. The summed E-state index contributed by atoms with van der Waals surface area (Å²) >= 11 is 1.15. The van der Waals surface area contributed by atoms with Gasteiger partial charge in [0, 0.05) is 23.9 Å². The van der Waals surface area contributed by atoms with Crippen LogP contribution >= 0.6 is 11.3 Å². The number of hydrogen-bond donors (Lipinski definition) is 1. The number of thiophene rings is 1. The number of methoxy groups -OCH3 is 1. The predicted octanol–water partition coefficient (Wildman–Crippen LogP) is 3.71. The highest BCUT2D eigenvalue weighted by molar-refractivity contribution is 7.17. The third kappa shape index (κ3) is 4.26. The molecular weight excluding hydrogens is 409 g/mol. The van der Waals surface area contributed by atoms with Crippen molar-refractivity contribution in [2.45, 2.75) is 26.1 Å². The molecule has 1 aromatic carbocycles. The Bertz CT molecular complexity index is 967. The number of rotatable bonds is 3. The maximum Gasteiger partial charge on any atom is 0.416 e. The van der Waals surface area contributed by atoms with Crippen LogP contribution in [0, 0.1) is 0 Å². The first-order chi connectivity index (χ1) is 13.6. The van der Waals surface area contributed by atoms with Crippen molar-refractivity contribution in [3.05, 3.63) is 51.4 Å². The molecule has 0 saturated carbocycles. The van der Waals surface area contributed by atoms with Crippen LogP contribution in [0.1, 0.15) is 43.6 Å². The van der Waals surface area contributed by atoms with Gasteiger partial charge in [-0.2, -0.15) is 13.2 Å². The lowest BCUT2D eigenvalue weighted by molar-refractivity contribution is -0.137. The summed E-state index contributed by atoms with van der Waals surface area (Å²) < 4.78 is 42.9. The second-order valence-corrected chi connectivity index (χ2v) is 7.52. The number of hydrogen-bond acceptors (Lipinski definition) is 5. The van der Waals surface area contributed by atoms with Crippen LogP contribution in [0.3, 0.4) is 0 Å². The van der Waals surface area contributed by atoms with Crippen LogP contribution in [0.2, 0.25) is 0 Å². The Kier molecular flexibility index (Phi) is 5.65. The molecule has 0 unspecified atom stereocenters. The molecule has 1 aliphatic rings. The summed E-state index contributed by atoms with van der Waals surface area (Å²) in [5.41, 5.74) is 0.0868. The molecule has 10 heteroatoms. The van der Waals surface area contributed by atoms with E-state index in [0.717, 1.165) is 40.5 Å². The van der Waals surface area contributed by atoms with Crippen molar-refractivity contribution in [1.29, 1.82) is 0 Å². The number of carbonyl (C=O) groups excluding carboxylic acids is 3. The van der Waals surface area contributed by atoms with Crippen LogP contribution in [0.25, 0.3) is 0 Å². The quantitative estimate of drug-likeness (QED) is 0.760. The highest BCUT2D eigenvalue weighted by atomic mass is 32.1. The van der Waals surface area contributed by atoms with Crippen molar-refractivity contribution in [3.63, 3.8) is 0 Å². The zero-order valence-corrected chi connectivity index (χ0v) is 16.4. The molecule has 0 radical (unpaired) electrons. The Morgan fingerprint density at radius 1 is 1.17 bits per heavy atom. The van der Waals surface area contributed by atoms with Gasteiger partial charge in [0.05, 0.1) is 24.8 Å². The second-order valence-electron chi connectivity index (χ2n) is 6.42. The molecule has 29 heavy (non-hydrogen) atoms. The van der Waals surface area contributed by atoms with Crippen molar-refractivity contribution in [2.24, 2.45) is 0 Å².